The number of para-hydroxylation sites is 3. The number of hydrogen-bond acceptors (Lipinski definition) is 2. The van der Waals surface area contributed by atoms with Gasteiger partial charge in [-0.2, -0.15) is 0 Å². The summed E-state index contributed by atoms with van der Waals surface area (Å²) in [7, 11) is 0. The second-order valence-corrected chi connectivity index (χ2v) is 16.6. The second kappa shape index (κ2) is 14.5. The molecule has 3 aromatic heterocycles. The molecule has 0 radical (unpaired) electrons. The molecule has 0 saturated heterocycles. The maximum atomic E-state index is 5.33. The molecule has 0 aliphatic carbocycles. The summed E-state index contributed by atoms with van der Waals surface area (Å²) in [6, 6.07) is 82.8. The van der Waals surface area contributed by atoms with Gasteiger partial charge in [0.05, 0.1) is 33.3 Å². The van der Waals surface area contributed by atoms with E-state index in [1.807, 2.05) is 6.07 Å². The van der Waals surface area contributed by atoms with Crippen LogP contribution in [0.1, 0.15) is 0 Å². The Balaban J connectivity index is 0.938. The van der Waals surface area contributed by atoms with Crippen LogP contribution < -0.4 is 0 Å². The maximum Gasteiger partial charge on any atom is 0.160 e. The van der Waals surface area contributed by atoms with Gasteiger partial charge >= 0.3 is 0 Å². The van der Waals surface area contributed by atoms with Gasteiger partial charge in [-0.05, 0) is 88.3 Å². The second-order valence-electron chi connectivity index (χ2n) is 16.6. The monoisotopic (exact) mass is 814 g/mol. The molecular formula is C60H38N4. The first-order valence-corrected chi connectivity index (χ1v) is 21.8. The van der Waals surface area contributed by atoms with Gasteiger partial charge in [0.2, 0.25) is 0 Å². The van der Waals surface area contributed by atoms with Crippen LogP contribution in [0.3, 0.4) is 0 Å². The van der Waals surface area contributed by atoms with E-state index in [1.165, 1.54) is 60.3 Å². The van der Waals surface area contributed by atoms with E-state index in [0.717, 1.165) is 55.4 Å². The predicted octanol–water partition coefficient (Wildman–Crippen LogP) is 15.6. The quantitative estimate of drug-likeness (QED) is 0.157. The van der Waals surface area contributed by atoms with Crippen molar-refractivity contribution in [2.75, 3.05) is 0 Å². The van der Waals surface area contributed by atoms with Crippen LogP contribution in [0, 0.1) is 0 Å². The Morgan fingerprint density at radius 2 is 0.766 bits per heavy atom. The summed E-state index contributed by atoms with van der Waals surface area (Å²) in [6.45, 7) is 0. The van der Waals surface area contributed by atoms with E-state index in [-0.39, 0.29) is 0 Å². The highest BCUT2D eigenvalue weighted by molar-refractivity contribution is 6.13. The molecule has 0 unspecified atom stereocenters. The Morgan fingerprint density at radius 1 is 0.266 bits per heavy atom. The molecule has 298 valence electrons. The minimum absolute atomic E-state index is 0.709. The maximum absolute atomic E-state index is 5.33. The van der Waals surface area contributed by atoms with Gasteiger partial charge in [-0.15, -0.1) is 0 Å². The van der Waals surface area contributed by atoms with E-state index in [0.29, 0.717) is 5.82 Å². The van der Waals surface area contributed by atoms with Gasteiger partial charge in [0.1, 0.15) is 0 Å². The van der Waals surface area contributed by atoms with Gasteiger partial charge in [0.25, 0.3) is 0 Å². The number of rotatable bonds is 6. The third-order valence-electron chi connectivity index (χ3n) is 12.9. The number of fused-ring (bicyclic) bond motifs is 9. The lowest BCUT2D eigenvalue weighted by Gasteiger charge is -2.13. The highest BCUT2D eigenvalue weighted by atomic mass is 15.0. The first-order valence-electron chi connectivity index (χ1n) is 21.8. The lowest BCUT2D eigenvalue weighted by Crippen LogP contribution is -1.97. The van der Waals surface area contributed by atoms with Crippen molar-refractivity contribution in [3.8, 4) is 56.3 Å². The molecule has 4 nitrogen and oxygen atoms in total. The zero-order valence-corrected chi connectivity index (χ0v) is 34.7. The molecular weight excluding hydrogens is 777 g/mol. The van der Waals surface area contributed by atoms with Crippen LogP contribution in [0.15, 0.2) is 231 Å². The van der Waals surface area contributed by atoms with E-state index >= 15 is 0 Å². The average Bonchev–Trinajstić information content (AvgIpc) is 3.89. The summed E-state index contributed by atoms with van der Waals surface area (Å²) in [5, 5.41) is 8.24. The number of nitrogens with zero attached hydrogens (tertiary/aromatic N) is 4. The molecule has 0 N–H and O–H groups in total. The zero-order chi connectivity index (χ0) is 42.1. The van der Waals surface area contributed by atoms with Crippen molar-refractivity contribution in [1.82, 2.24) is 19.1 Å². The van der Waals surface area contributed by atoms with Gasteiger partial charge < -0.3 is 9.13 Å². The molecule has 0 amide bonds. The summed E-state index contributed by atoms with van der Waals surface area (Å²) in [4.78, 5) is 10.6. The Kier molecular flexibility index (Phi) is 8.18. The largest absolute Gasteiger partial charge is 0.309 e. The van der Waals surface area contributed by atoms with Crippen molar-refractivity contribution in [3.63, 3.8) is 0 Å². The van der Waals surface area contributed by atoms with Crippen LogP contribution in [0.25, 0.3) is 122 Å². The molecule has 64 heavy (non-hydrogen) atoms. The van der Waals surface area contributed by atoms with Gasteiger partial charge in [-0.3, -0.25) is 0 Å². The predicted molar refractivity (Wildman–Crippen MR) is 267 cm³/mol. The average molecular weight is 815 g/mol. The van der Waals surface area contributed by atoms with Gasteiger partial charge in [0.15, 0.2) is 5.82 Å². The van der Waals surface area contributed by atoms with E-state index in [2.05, 4.69) is 234 Å². The minimum Gasteiger partial charge on any atom is -0.309 e. The molecule has 0 saturated carbocycles. The summed E-state index contributed by atoms with van der Waals surface area (Å²) >= 11 is 0. The third-order valence-corrected chi connectivity index (χ3v) is 12.9. The van der Waals surface area contributed by atoms with Crippen molar-refractivity contribution in [1.29, 1.82) is 0 Å². The molecule has 0 aliphatic rings. The van der Waals surface area contributed by atoms with Crippen molar-refractivity contribution < 1.29 is 0 Å². The van der Waals surface area contributed by atoms with Gasteiger partial charge in [-0.1, -0.05) is 170 Å². The van der Waals surface area contributed by atoms with Crippen molar-refractivity contribution in [2.24, 2.45) is 0 Å². The van der Waals surface area contributed by atoms with Crippen LogP contribution in [0.5, 0.6) is 0 Å². The summed E-state index contributed by atoms with van der Waals surface area (Å²) in [5.41, 5.74) is 15.6. The first kappa shape index (κ1) is 36.1. The molecule has 4 heteroatoms. The van der Waals surface area contributed by atoms with Gasteiger partial charge in [-0.25, -0.2) is 9.97 Å². The molecule has 0 aliphatic heterocycles. The molecule has 0 fully saturated rings. The standard InChI is InChI=1S/C60H38N4/c1-3-13-39(14-4-1)40-23-25-43(26-24-40)60-61-58(52-35-29-41-15-7-8-18-48(41)59(52)62-60)42-27-32-47(33-28-42)64-54-21-11-9-19-49(54)51-34-30-45(38-57(51)64)44-31-36-56-53(37-44)50-20-10-12-22-55(50)63(56)46-16-5-2-6-17-46/h1-38H. The number of hydrogen-bond donors (Lipinski definition) is 0. The summed E-state index contributed by atoms with van der Waals surface area (Å²) in [6.07, 6.45) is 0. The number of benzene rings is 10. The Bertz CT molecular complexity index is 3920. The fraction of sp³-hybridized carbons (Fsp3) is 0. The molecule has 13 aromatic rings. The molecule has 10 aromatic carbocycles. The molecule has 13 rings (SSSR count). The summed E-state index contributed by atoms with van der Waals surface area (Å²) in [5.74, 6) is 0.709. The normalized spacial score (nSPS) is 11.8. The highest BCUT2D eigenvalue weighted by Crippen LogP contribution is 2.40. The first-order chi connectivity index (χ1) is 31.7. The topological polar surface area (TPSA) is 35.6 Å². The van der Waals surface area contributed by atoms with E-state index < -0.39 is 0 Å². The van der Waals surface area contributed by atoms with E-state index in [1.54, 1.807) is 0 Å². The van der Waals surface area contributed by atoms with Crippen molar-refractivity contribution >= 4 is 65.3 Å². The lowest BCUT2D eigenvalue weighted by molar-refractivity contribution is 1.18. The van der Waals surface area contributed by atoms with E-state index in [9.17, 15) is 0 Å². The Labute approximate surface area is 369 Å². The zero-order valence-electron chi connectivity index (χ0n) is 34.7. The molecule has 3 heterocycles. The fourth-order valence-electron chi connectivity index (χ4n) is 9.86. The minimum atomic E-state index is 0.709. The van der Waals surface area contributed by atoms with Crippen molar-refractivity contribution in [3.05, 3.63) is 231 Å². The van der Waals surface area contributed by atoms with Crippen LogP contribution in [0.4, 0.5) is 0 Å². The molecule has 0 bridgehead atoms. The Morgan fingerprint density at radius 3 is 1.53 bits per heavy atom. The lowest BCUT2D eigenvalue weighted by atomic mass is 10.0. The SMILES string of the molecule is c1ccc(-c2ccc(-c3nc(-c4ccc(-n5c6ccccc6c6ccc(-c7ccc8c(c7)c7ccccc7n8-c7ccccc7)cc65)cc4)c4ccc5ccccc5c4n3)cc2)cc1. The van der Waals surface area contributed by atoms with Crippen LogP contribution in [0.2, 0.25) is 0 Å². The van der Waals surface area contributed by atoms with E-state index in [4.69, 9.17) is 9.97 Å². The van der Waals surface area contributed by atoms with Crippen molar-refractivity contribution in [2.45, 2.75) is 0 Å². The molecule has 0 spiro atoms. The fourth-order valence-corrected chi connectivity index (χ4v) is 9.86. The third kappa shape index (κ3) is 5.77. The van der Waals surface area contributed by atoms with Crippen LogP contribution >= 0.6 is 0 Å². The smallest absolute Gasteiger partial charge is 0.160 e. The van der Waals surface area contributed by atoms with Gasteiger partial charge in [0, 0.05) is 54.8 Å². The summed E-state index contributed by atoms with van der Waals surface area (Å²) < 4.78 is 4.78. The molecule has 0 atom stereocenters. The van der Waals surface area contributed by atoms with Crippen LogP contribution in [-0.4, -0.2) is 19.1 Å². The highest BCUT2D eigenvalue weighted by Gasteiger charge is 2.18. The van der Waals surface area contributed by atoms with Crippen LogP contribution in [-0.2, 0) is 0 Å². The Hall–Kier alpha value is -8.60. The number of aromatic nitrogens is 4.